The highest BCUT2D eigenvalue weighted by atomic mass is 32.1. The van der Waals surface area contributed by atoms with Crippen LogP contribution in [0.5, 0.6) is 0 Å². The predicted molar refractivity (Wildman–Crippen MR) is 116 cm³/mol. The first kappa shape index (κ1) is 21.5. The Morgan fingerprint density at radius 1 is 1.30 bits per heavy atom. The summed E-state index contributed by atoms with van der Waals surface area (Å²) in [5.74, 6) is 1.55. The molecule has 0 radical (unpaired) electrons. The molecule has 1 saturated heterocycles. The van der Waals surface area contributed by atoms with Crippen molar-refractivity contribution < 1.29 is 14.1 Å². The predicted octanol–water partition coefficient (Wildman–Crippen LogP) is 3.61. The van der Waals surface area contributed by atoms with Gasteiger partial charge in [-0.2, -0.15) is 4.98 Å². The SMILES string of the molecule is CCC(OC1CCCC1)C(=O)N1CCN(CCCc2nc(-c3cccs3)no2)CC1. The van der Waals surface area contributed by atoms with Crippen molar-refractivity contribution in [3.8, 4) is 10.7 Å². The standard InChI is InChI=1S/C22H32N4O3S/c1-2-18(28-17-7-3-4-8-17)22(27)26-14-12-25(13-15-26)11-5-10-20-23-21(24-29-20)19-9-6-16-30-19/h6,9,16-18H,2-5,7-8,10-15H2,1H3. The van der Waals surface area contributed by atoms with Crippen LogP contribution in [-0.4, -0.2) is 70.8 Å². The Kier molecular flexibility index (Phi) is 7.52. The lowest BCUT2D eigenvalue weighted by Crippen LogP contribution is -2.52. The molecule has 3 heterocycles. The quantitative estimate of drug-likeness (QED) is 0.603. The first-order valence-corrected chi connectivity index (χ1v) is 12.1. The molecule has 0 spiro atoms. The molecule has 164 valence electrons. The van der Waals surface area contributed by atoms with Crippen molar-refractivity contribution >= 4 is 17.2 Å². The summed E-state index contributed by atoms with van der Waals surface area (Å²) >= 11 is 1.62. The molecule has 7 nitrogen and oxygen atoms in total. The van der Waals surface area contributed by atoms with E-state index in [-0.39, 0.29) is 18.1 Å². The molecule has 4 rings (SSSR count). The zero-order valence-corrected chi connectivity index (χ0v) is 18.6. The summed E-state index contributed by atoms with van der Waals surface area (Å²) in [6, 6.07) is 3.99. The normalized spacial score (nSPS) is 19.4. The van der Waals surface area contributed by atoms with Crippen LogP contribution in [0.25, 0.3) is 10.7 Å². The fraction of sp³-hybridized carbons (Fsp3) is 0.682. The summed E-state index contributed by atoms with van der Waals surface area (Å²) in [4.78, 5) is 22.8. The van der Waals surface area contributed by atoms with Crippen molar-refractivity contribution in [1.82, 2.24) is 19.9 Å². The number of hydrogen-bond donors (Lipinski definition) is 0. The van der Waals surface area contributed by atoms with Crippen LogP contribution in [0, 0.1) is 0 Å². The second kappa shape index (κ2) is 10.5. The van der Waals surface area contributed by atoms with Crippen molar-refractivity contribution in [1.29, 1.82) is 0 Å². The van der Waals surface area contributed by atoms with Crippen LogP contribution in [0.3, 0.4) is 0 Å². The van der Waals surface area contributed by atoms with Crippen LogP contribution in [0.2, 0.25) is 0 Å². The van der Waals surface area contributed by atoms with E-state index in [9.17, 15) is 4.79 Å². The summed E-state index contributed by atoms with van der Waals surface area (Å²) in [5.41, 5.74) is 0. The van der Waals surface area contributed by atoms with E-state index in [1.54, 1.807) is 11.3 Å². The van der Waals surface area contributed by atoms with E-state index < -0.39 is 0 Å². The van der Waals surface area contributed by atoms with E-state index in [0.717, 1.165) is 69.7 Å². The first-order chi connectivity index (χ1) is 14.7. The maximum Gasteiger partial charge on any atom is 0.251 e. The van der Waals surface area contributed by atoms with E-state index in [1.807, 2.05) is 22.4 Å². The number of amides is 1. The topological polar surface area (TPSA) is 71.7 Å². The Bertz CT molecular complexity index is 780. The zero-order valence-electron chi connectivity index (χ0n) is 17.8. The average molecular weight is 433 g/mol. The Labute approximate surface area is 182 Å². The number of piperazine rings is 1. The highest BCUT2D eigenvalue weighted by Crippen LogP contribution is 2.24. The Balaban J connectivity index is 1.17. The minimum atomic E-state index is -0.269. The highest BCUT2D eigenvalue weighted by molar-refractivity contribution is 7.13. The van der Waals surface area contributed by atoms with Gasteiger partial charge in [0.05, 0.1) is 11.0 Å². The van der Waals surface area contributed by atoms with Crippen LogP contribution < -0.4 is 0 Å². The molecule has 8 heteroatoms. The molecule has 30 heavy (non-hydrogen) atoms. The van der Waals surface area contributed by atoms with Crippen LogP contribution >= 0.6 is 11.3 Å². The van der Waals surface area contributed by atoms with Gasteiger partial charge in [0.2, 0.25) is 11.7 Å². The highest BCUT2D eigenvalue weighted by Gasteiger charge is 2.29. The lowest BCUT2D eigenvalue weighted by molar-refractivity contribution is -0.149. The fourth-order valence-corrected chi connectivity index (χ4v) is 4.95. The Hall–Kier alpha value is -1.77. The summed E-state index contributed by atoms with van der Waals surface area (Å²) < 4.78 is 11.5. The number of rotatable bonds is 9. The van der Waals surface area contributed by atoms with Gasteiger partial charge in [0.15, 0.2) is 0 Å². The minimum absolute atomic E-state index is 0.177. The van der Waals surface area contributed by atoms with Crippen molar-refractivity contribution in [3.63, 3.8) is 0 Å². The second-order valence-corrected chi connectivity index (χ2v) is 9.15. The van der Waals surface area contributed by atoms with Gasteiger partial charge in [0.1, 0.15) is 6.10 Å². The van der Waals surface area contributed by atoms with Gasteiger partial charge in [-0.1, -0.05) is 31.0 Å². The Morgan fingerprint density at radius 2 is 2.10 bits per heavy atom. The summed E-state index contributed by atoms with van der Waals surface area (Å²) in [6.45, 7) is 6.42. The van der Waals surface area contributed by atoms with Gasteiger partial charge in [0.25, 0.3) is 5.91 Å². The molecule has 1 saturated carbocycles. The monoisotopic (exact) mass is 432 g/mol. The van der Waals surface area contributed by atoms with Gasteiger partial charge < -0.3 is 14.2 Å². The van der Waals surface area contributed by atoms with E-state index in [1.165, 1.54) is 12.8 Å². The van der Waals surface area contributed by atoms with Crippen LogP contribution in [-0.2, 0) is 16.0 Å². The van der Waals surface area contributed by atoms with Gasteiger partial charge in [-0.15, -0.1) is 11.3 Å². The first-order valence-electron chi connectivity index (χ1n) is 11.3. The number of nitrogens with zero attached hydrogens (tertiary/aromatic N) is 4. The van der Waals surface area contributed by atoms with E-state index in [0.29, 0.717) is 11.7 Å². The van der Waals surface area contributed by atoms with E-state index in [2.05, 4.69) is 22.0 Å². The summed E-state index contributed by atoms with van der Waals surface area (Å²) in [7, 11) is 0. The molecule has 1 amide bonds. The van der Waals surface area contributed by atoms with Crippen LogP contribution in [0.4, 0.5) is 0 Å². The molecule has 1 aliphatic carbocycles. The van der Waals surface area contributed by atoms with Gasteiger partial charge in [-0.3, -0.25) is 9.69 Å². The van der Waals surface area contributed by atoms with Gasteiger partial charge >= 0.3 is 0 Å². The molecular formula is C22H32N4O3S. The number of carbonyl (C=O) groups excluding carboxylic acids is 1. The number of ether oxygens (including phenoxy) is 1. The van der Waals surface area contributed by atoms with Gasteiger partial charge in [0, 0.05) is 32.6 Å². The van der Waals surface area contributed by atoms with Crippen molar-refractivity contribution in [3.05, 3.63) is 23.4 Å². The largest absolute Gasteiger partial charge is 0.365 e. The molecule has 2 fully saturated rings. The number of aromatic nitrogens is 2. The third kappa shape index (κ3) is 5.47. The molecule has 1 aliphatic heterocycles. The molecular weight excluding hydrogens is 400 g/mol. The van der Waals surface area contributed by atoms with Crippen molar-refractivity contribution in [2.45, 2.75) is 64.1 Å². The van der Waals surface area contributed by atoms with E-state index >= 15 is 0 Å². The molecule has 1 atom stereocenters. The lowest BCUT2D eigenvalue weighted by atomic mass is 10.2. The molecule has 2 aliphatic rings. The molecule has 0 bridgehead atoms. The molecule has 2 aromatic heterocycles. The smallest absolute Gasteiger partial charge is 0.251 e. The maximum absolute atomic E-state index is 12.9. The molecule has 0 aromatic carbocycles. The van der Waals surface area contributed by atoms with Crippen LogP contribution in [0.1, 0.15) is 51.3 Å². The van der Waals surface area contributed by atoms with Gasteiger partial charge in [-0.25, -0.2) is 0 Å². The molecule has 1 unspecified atom stereocenters. The van der Waals surface area contributed by atoms with Crippen molar-refractivity contribution in [2.75, 3.05) is 32.7 Å². The summed E-state index contributed by atoms with van der Waals surface area (Å²) in [6.07, 6.45) is 7.19. The molecule has 0 N–H and O–H groups in total. The second-order valence-electron chi connectivity index (χ2n) is 8.20. The number of carbonyl (C=O) groups is 1. The number of hydrogen-bond acceptors (Lipinski definition) is 7. The third-order valence-corrected chi connectivity index (χ3v) is 6.93. The Morgan fingerprint density at radius 3 is 2.80 bits per heavy atom. The third-order valence-electron chi connectivity index (χ3n) is 6.06. The van der Waals surface area contributed by atoms with Gasteiger partial charge in [-0.05, 0) is 43.7 Å². The zero-order chi connectivity index (χ0) is 20.8. The van der Waals surface area contributed by atoms with E-state index in [4.69, 9.17) is 9.26 Å². The maximum atomic E-state index is 12.9. The van der Waals surface area contributed by atoms with Crippen LogP contribution in [0.15, 0.2) is 22.0 Å². The minimum Gasteiger partial charge on any atom is -0.365 e. The number of aryl methyl sites for hydroxylation is 1. The average Bonchev–Trinajstić information content (AvgIpc) is 3.55. The summed E-state index contributed by atoms with van der Waals surface area (Å²) in [5, 5.41) is 6.08. The number of thiophene rings is 1. The lowest BCUT2D eigenvalue weighted by Gasteiger charge is -2.36. The fourth-order valence-electron chi connectivity index (χ4n) is 4.30. The molecule has 2 aromatic rings. The van der Waals surface area contributed by atoms with Crippen molar-refractivity contribution in [2.24, 2.45) is 0 Å².